The molecule has 0 unspecified atom stereocenters. The van der Waals surface area contributed by atoms with E-state index in [0.717, 1.165) is 11.0 Å². The number of rotatable bonds is 2. The van der Waals surface area contributed by atoms with Gasteiger partial charge in [-0.2, -0.15) is 84.9 Å². The van der Waals surface area contributed by atoms with Crippen LogP contribution in [0.25, 0.3) is 65.6 Å². The predicted molar refractivity (Wildman–Crippen MR) is 241 cm³/mol. The van der Waals surface area contributed by atoms with Crippen LogP contribution in [-0.2, 0) is 23.3 Å². The number of nitrogens with zero attached hydrogens (tertiary/aromatic N) is 2. The maximum absolute atomic E-state index is 4.54. The smallest absolute Gasteiger partial charge is 0.171 e. The van der Waals surface area contributed by atoms with E-state index in [9.17, 15) is 0 Å². The zero-order valence-corrected chi connectivity index (χ0v) is 36.3. The molecule has 10 rings (SSSR count). The molecule has 56 heavy (non-hydrogen) atoms. The fourth-order valence-corrected chi connectivity index (χ4v) is 6.42. The van der Waals surface area contributed by atoms with Crippen LogP contribution in [0.1, 0.15) is 11.1 Å². The van der Waals surface area contributed by atoms with Crippen LogP contribution in [-0.4, -0.2) is 16.8 Å². The second-order valence-corrected chi connectivity index (χ2v) is 12.7. The van der Waals surface area contributed by atoms with E-state index in [-0.39, 0.29) is 24.8 Å². The molecule has 8 aromatic carbocycles. The SMILES string of the molecule is Cc1cc2ccc(-c3cccc4cccnc34)cc2[cH-]1.Cc1cc2ccc(-c3cccc4cccnc34)cc2[cH-]1.Cl.Cl.[Si]=[Zr].[c-]1ccccc1.[c-]1ccccc1. The van der Waals surface area contributed by atoms with Crippen LogP contribution < -0.4 is 0 Å². The molecule has 0 N–H and O–H groups in total. The summed E-state index contributed by atoms with van der Waals surface area (Å²) >= 11 is 1.36. The molecule has 0 fully saturated rings. The molecule has 0 saturated heterocycles. The second-order valence-electron chi connectivity index (χ2n) is 12.7. The molecule has 0 aliphatic rings. The zero-order valence-electron chi connectivity index (χ0n) is 31.2. The number of hydrogen-bond donors (Lipinski definition) is 0. The van der Waals surface area contributed by atoms with Gasteiger partial charge in [-0.1, -0.05) is 85.6 Å². The van der Waals surface area contributed by atoms with Crippen molar-refractivity contribution in [2.24, 2.45) is 0 Å². The van der Waals surface area contributed by atoms with E-state index in [4.69, 9.17) is 0 Å². The normalized spacial score (nSPS) is 9.80. The first-order valence-electron chi connectivity index (χ1n) is 17.7. The molecule has 2 radical (unpaired) electrons. The zero-order chi connectivity index (χ0) is 37.5. The molecule has 0 atom stereocenters. The van der Waals surface area contributed by atoms with Gasteiger partial charge in [0.2, 0.25) is 0 Å². The molecule has 2 heterocycles. The van der Waals surface area contributed by atoms with Crippen LogP contribution in [0.15, 0.2) is 194 Å². The molecule has 0 aliphatic heterocycles. The summed E-state index contributed by atoms with van der Waals surface area (Å²) in [6.45, 7) is 7.34. The largest absolute Gasteiger partial charge is 0.184 e. The Labute approximate surface area is 359 Å². The summed E-state index contributed by atoms with van der Waals surface area (Å²) in [7, 11) is 0. The Kier molecular flexibility index (Phi) is 17.6. The summed E-state index contributed by atoms with van der Waals surface area (Å²) in [5.74, 6) is 0. The summed E-state index contributed by atoms with van der Waals surface area (Å²) in [4.78, 5) is 9.09. The molecular weight excluding hydrogens is 819 g/mol. The third-order valence-corrected chi connectivity index (χ3v) is 8.81. The number of fused-ring (bicyclic) bond motifs is 4. The number of pyridine rings is 2. The molecule has 2 aromatic heterocycles. The number of hydrogen-bond acceptors (Lipinski definition) is 2. The predicted octanol–water partition coefficient (Wildman–Crippen LogP) is 13.6. The fourth-order valence-electron chi connectivity index (χ4n) is 6.42. The Bertz CT molecular complexity index is 2440. The van der Waals surface area contributed by atoms with Gasteiger partial charge in [0.25, 0.3) is 0 Å². The van der Waals surface area contributed by atoms with Gasteiger partial charge in [0, 0.05) is 23.2 Å². The summed E-state index contributed by atoms with van der Waals surface area (Å²) in [5, 5.41) is 7.58. The van der Waals surface area contributed by atoms with Crippen molar-refractivity contribution in [1.29, 1.82) is 0 Å². The summed E-state index contributed by atoms with van der Waals surface area (Å²) in [6.07, 6.45) is 3.72. The average molecular weight is 859 g/mol. The summed E-state index contributed by atoms with van der Waals surface area (Å²) < 4.78 is 0. The third kappa shape index (κ3) is 11.5. The molecule has 10 aromatic rings. The van der Waals surface area contributed by atoms with Gasteiger partial charge in [-0.05, 0) is 23.3 Å². The molecule has 0 saturated carbocycles. The Morgan fingerprint density at radius 3 is 1.20 bits per heavy atom. The Morgan fingerprint density at radius 1 is 0.446 bits per heavy atom. The number of benzene rings is 6. The number of aryl methyl sites for hydroxylation is 2. The molecule has 0 spiro atoms. The van der Waals surface area contributed by atoms with Gasteiger partial charge in [-0.25, -0.2) is 0 Å². The first kappa shape index (κ1) is 43.8. The molecule has 0 amide bonds. The van der Waals surface area contributed by atoms with Crippen LogP contribution in [0, 0.1) is 26.0 Å². The van der Waals surface area contributed by atoms with Gasteiger partial charge >= 0.3 is 30.2 Å². The van der Waals surface area contributed by atoms with E-state index in [2.05, 4.69) is 152 Å². The van der Waals surface area contributed by atoms with Gasteiger partial charge in [0.1, 0.15) is 0 Å². The average Bonchev–Trinajstić information content (AvgIpc) is 3.82. The number of halogens is 2. The minimum atomic E-state index is 0. The standard InChI is InChI=1S/2C19H14N.2C6H5.2ClH.Si.Zr/c2*1-13-10-15-7-8-16(12-17(15)11-13)18-6-2-4-14-5-3-9-20-19(14)18;2*1-2-4-6-5-3-1;;;;/h2*2-12H,1H3;2*1-5H;2*1H;;/q4*-1;;;;. The van der Waals surface area contributed by atoms with Crippen molar-refractivity contribution in [2.75, 3.05) is 0 Å². The minimum Gasteiger partial charge on any atom is -0.184 e. The van der Waals surface area contributed by atoms with Crippen LogP contribution in [0.2, 0.25) is 0 Å². The van der Waals surface area contributed by atoms with Gasteiger partial charge in [-0.3, -0.25) is 9.97 Å². The first-order chi connectivity index (χ1) is 26.6. The molecule has 6 heteroatoms. The number of para-hydroxylation sites is 2. The molecule has 276 valence electrons. The van der Waals surface area contributed by atoms with Crippen LogP contribution in [0.4, 0.5) is 0 Å². The van der Waals surface area contributed by atoms with Gasteiger partial charge in [0.15, 0.2) is 0 Å². The minimum absolute atomic E-state index is 0. The van der Waals surface area contributed by atoms with E-state index < -0.39 is 0 Å². The Morgan fingerprint density at radius 2 is 0.839 bits per heavy atom. The summed E-state index contributed by atoms with van der Waals surface area (Å²) in [5.41, 5.74) is 9.61. The van der Waals surface area contributed by atoms with E-state index in [1.54, 1.807) is 0 Å². The first-order valence-corrected chi connectivity index (χ1v) is 21.9. The van der Waals surface area contributed by atoms with E-state index in [1.165, 1.54) is 89.0 Å². The Balaban J connectivity index is 0.000000181. The van der Waals surface area contributed by atoms with Gasteiger partial charge < -0.3 is 0 Å². The maximum Gasteiger partial charge on any atom is -0.171 e. The molecule has 0 aliphatic carbocycles. The van der Waals surface area contributed by atoms with Crippen molar-refractivity contribution in [2.45, 2.75) is 13.8 Å². The molecular formula is C50H40Cl2N2SiZr-4. The molecule has 2 nitrogen and oxygen atoms in total. The van der Waals surface area contributed by atoms with Crippen molar-refractivity contribution < 1.29 is 23.3 Å². The molecule has 0 bridgehead atoms. The van der Waals surface area contributed by atoms with Crippen molar-refractivity contribution in [3.05, 3.63) is 218 Å². The van der Waals surface area contributed by atoms with Crippen molar-refractivity contribution in [1.82, 2.24) is 9.97 Å². The Hall–Kier alpha value is -4.96. The van der Waals surface area contributed by atoms with Gasteiger partial charge in [-0.15, -0.1) is 93.9 Å². The summed E-state index contributed by atoms with van der Waals surface area (Å²) in [6, 6.07) is 68.1. The van der Waals surface area contributed by atoms with E-state index in [0.29, 0.717) is 0 Å². The van der Waals surface area contributed by atoms with E-state index >= 15 is 0 Å². The number of aromatic nitrogens is 2. The van der Waals surface area contributed by atoms with Crippen molar-refractivity contribution >= 4 is 75.0 Å². The van der Waals surface area contributed by atoms with Crippen LogP contribution in [0.3, 0.4) is 0 Å². The second kappa shape index (κ2) is 22.6. The van der Waals surface area contributed by atoms with Crippen molar-refractivity contribution in [3.8, 4) is 22.3 Å². The maximum atomic E-state index is 4.54. The quantitative estimate of drug-likeness (QED) is 0.128. The third-order valence-electron chi connectivity index (χ3n) is 8.81. The monoisotopic (exact) mass is 856 g/mol. The van der Waals surface area contributed by atoms with Gasteiger partial charge in [0.05, 0.1) is 11.0 Å². The van der Waals surface area contributed by atoms with E-state index in [1.807, 2.05) is 85.2 Å². The fraction of sp³-hybridized carbons (Fsp3) is 0.0400. The van der Waals surface area contributed by atoms with Crippen LogP contribution >= 0.6 is 24.8 Å². The topological polar surface area (TPSA) is 25.8 Å². The van der Waals surface area contributed by atoms with Crippen molar-refractivity contribution in [3.63, 3.8) is 0 Å². The van der Waals surface area contributed by atoms with Crippen LogP contribution in [0.5, 0.6) is 0 Å².